The third-order valence-corrected chi connectivity index (χ3v) is 1.92. The zero-order valence-corrected chi connectivity index (χ0v) is 8.10. The molecule has 2 rings (SSSR count). The Kier molecular flexibility index (Phi) is 2.92. The molecule has 5 heteroatoms. The van der Waals surface area contributed by atoms with E-state index in [1.54, 1.807) is 23.0 Å². The zero-order valence-electron chi connectivity index (χ0n) is 8.10. The van der Waals surface area contributed by atoms with Gasteiger partial charge in [0, 0.05) is 18.9 Å². The quantitative estimate of drug-likeness (QED) is 0.771. The van der Waals surface area contributed by atoms with Gasteiger partial charge >= 0.3 is 0 Å². The second-order valence-corrected chi connectivity index (χ2v) is 3.04. The van der Waals surface area contributed by atoms with E-state index < -0.39 is 5.95 Å². The molecule has 0 atom stereocenters. The summed E-state index contributed by atoms with van der Waals surface area (Å²) in [5, 5.41) is 7.06. The molecule has 2 heterocycles. The first-order valence-corrected chi connectivity index (χ1v) is 4.68. The second kappa shape index (κ2) is 4.54. The molecule has 78 valence electrons. The van der Waals surface area contributed by atoms with Crippen LogP contribution in [0.2, 0.25) is 0 Å². The van der Waals surface area contributed by atoms with Gasteiger partial charge in [0.1, 0.15) is 5.82 Å². The van der Waals surface area contributed by atoms with Gasteiger partial charge in [-0.1, -0.05) is 6.07 Å². The van der Waals surface area contributed by atoms with Crippen molar-refractivity contribution >= 4 is 5.82 Å². The van der Waals surface area contributed by atoms with E-state index in [-0.39, 0.29) is 0 Å². The van der Waals surface area contributed by atoms with Crippen LogP contribution in [0.4, 0.5) is 10.2 Å². The number of hydrogen-bond acceptors (Lipinski definition) is 3. The van der Waals surface area contributed by atoms with Crippen molar-refractivity contribution in [3.05, 3.63) is 42.6 Å². The Morgan fingerprint density at radius 1 is 1.33 bits per heavy atom. The van der Waals surface area contributed by atoms with Gasteiger partial charge in [0.15, 0.2) is 0 Å². The van der Waals surface area contributed by atoms with Crippen molar-refractivity contribution < 1.29 is 4.39 Å². The second-order valence-electron chi connectivity index (χ2n) is 3.04. The van der Waals surface area contributed by atoms with E-state index in [9.17, 15) is 4.39 Å². The van der Waals surface area contributed by atoms with E-state index in [2.05, 4.69) is 15.4 Å². The van der Waals surface area contributed by atoms with Crippen LogP contribution in [0.5, 0.6) is 0 Å². The SMILES string of the molecule is Fc1cccc(NCCn2cccn2)n1. The molecule has 0 aliphatic rings. The maximum Gasteiger partial charge on any atom is 0.214 e. The summed E-state index contributed by atoms with van der Waals surface area (Å²) in [7, 11) is 0. The summed E-state index contributed by atoms with van der Waals surface area (Å²) in [6.45, 7) is 1.39. The number of halogens is 1. The van der Waals surface area contributed by atoms with Crippen LogP contribution in [0.15, 0.2) is 36.7 Å². The Balaban J connectivity index is 1.83. The Bertz CT molecular complexity index is 413. The molecular formula is C10H11FN4. The number of rotatable bonds is 4. The number of nitrogens with one attached hydrogen (secondary N) is 1. The largest absolute Gasteiger partial charge is 0.368 e. The maximum absolute atomic E-state index is 12.7. The van der Waals surface area contributed by atoms with Crippen LogP contribution in [0.25, 0.3) is 0 Å². The molecule has 0 radical (unpaired) electrons. The number of hydrogen-bond donors (Lipinski definition) is 1. The van der Waals surface area contributed by atoms with Crippen molar-refractivity contribution in [1.29, 1.82) is 0 Å². The lowest BCUT2D eigenvalue weighted by Crippen LogP contribution is -2.11. The Morgan fingerprint density at radius 3 is 3.00 bits per heavy atom. The van der Waals surface area contributed by atoms with Gasteiger partial charge in [0.05, 0.1) is 6.54 Å². The summed E-state index contributed by atoms with van der Waals surface area (Å²) in [5.41, 5.74) is 0. The van der Waals surface area contributed by atoms with Gasteiger partial charge in [-0.05, 0) is 18.2 Å². The van der Waals surface area contributed by atoms with Crippen LogP contribution < -0.4 is 5.32 Å². The van der Waals surface area contributed by atoms with Crippen molar-refractivity contribution in [1.82, 2.24) is 14.8 Å². The third kappa shape index (κ3) is 2.77. The van der Waals surface area contributed by atoms with Gasteiger partial charge in [-0.25, -0.2) is 4.98 Å². The van der Waals surface area contributed by atoms with Crippen LogP contribution in [0.1, 0.15) is 0 Å². The summed E-state index contributed by atoms with van der Waals surface area (Å²) in [4.78, 5) is 3.68. The molecule has 4 nitrogen and oxygen atoms in total. The summed E-state index contributed by atoms with van der Waals surface area (Å²) in [5.74, 6) is 0.0706. The van der Waals surface area contributed by atoms with Gasteiger partial charge in [-0.15, -0.1) is 0 Å². The topological polar surface area (TPSA) is 42.7 Å². The van der Waals surface area contributed by atoms with Crippen molar-refractivity contribution in [2.75, 3.05) is 11.9 Å². The highest BCUT2D eigenvalue weighted by atomic mass is 19.1. The number of aromatic nitrogens is 3. The standard InChI is InChI=1S/C10H11FN4/c11-9-3-1-4-10(14-9)12-6-8-15-7-2-5-13-15/h1-5,7H,6,8H2,(H,12,14). The molecular weight excluding hydrogens is 195 g/mol. The minimum atomic E-state index is -0.473. The summed E-state index contributed by atoms with van der Waals surface area (Å²) < 4.78 is 14.5. The molecule has 2 aromatic rings. The fraction of sp³-hybridized carbons (Fsp3) is 0.200. The van der Waals surface area contributed by atoms with Crippen LogP contribution in [-0.2, 0) is 6.54 Å². The maximum atomic E-state index is 12.7. The molecule has 0 aliphatic heterocycles. The summed E-state index contributed by atoms with van der Waals surface area (Å²) >= 11 is 0. The predicted octanol–water partition coefficient (Wildman–Crippen LogP) is 1.53. The van der Waals surface area contributed by atoms with Crippen LogP contribution in [0, 0.1) is 5.95 Å². The monoisotopic (exact) mass is 206 g/mol. The molecule has 0 fully saturated rings. The molecule has 0 unspecified atom stereocenters. The fourth-order valence-electron chi connectivity index (χ4n) is 1.24. The molecule has 0 amide bonds. The first-order chi connectivity index (χ1) is 7.34. The third-order valence-electron chi connectivity index (χ3n) is 1.92. The first kappa shape index (κ1) is 9.64. The highest BCUT2D eigenvalue weighted by Crippen LogP contribution is 2.02. The predicted molar refractivity (Wildman–Crippen MR) is 54.9 cm³/mol. The van der Waals surface area contributed by atoms with Gasteiger partial charge in [0.2, 0.25) is 5.95 Å². The van der Waals surface area contributed by atoms with E-state index >= 15 is 0 Å². The lowest BCUT2D eigenvalue weighted by molar-refractivity contribution is 0.583. The highest BCUT2D eigenvalue weighted by molar-refractivity contribution is 5.33. The van der Waals surface area contributed by atoms with E-state index in [4.69, 9.17) is 0 Å². The smallest absolute Gasteiger partial charge is 0.214 e. The van der Waals surface area contributed by atoms with Crippen molar-refractivity contribution in [3.8, 4) is 0 Å². The van der Waals surface area contributed by atoms with Crippen LogP contribution in [0.3, 0.4) is 0 Å². The number of nitrogens with zero attached hydrogens (tertiary/aromatic N) is 3. The summed E-state index contributed by atoms with van der Waals surface area (Å²) in [6.07, 6.45) is 3.60. The molecule has 0 bridgehead atoms. The summed E-state index contributed by atoms with van der Waals surface area (Å²) in [6, 6.07) is 6.53. The average Bonchev–Trinajstić information content (AvgIpc) is 2.71. The zero-order chi connectivity index (χ0) is 10.5. The lowest BCUT2D eigenvalue weighted by atomic mass is 10.4. The first-order valence-electron chi connectivity index (χ1n) is 4.68. The fourth-order valence-corrected chi connectivity index (χ4v) is 1.24. The highest BCUT2D eigenvalue weighted by Gasteiger charge is 1.95. The van der Waals surface area contributed by atoms with E-state index in [1.165, 1.54) is 6.07 Å². The number of anilines is 1. The molecule has 0 saturated heterocycles. The van der Waals surface area contributed by atoms with Gasteiger partial charge in [-0.2, -0.15) is 9.49 Å². The Hall–Kier alpha value is -1.91. The molecule has 0 aliphatic carbocycles. The van der Waals surface area contributed by atoms with Gasteiger partial charge < -0.3 is 5.32 Å². The average molecular weight is 206 g/mol. The Labute approximate surface area is 86.8 Å². The molecule has 1 N–H and O–H groups in total. The number of pyridine rings is 1. The molecule has 2 aromatic heterocycles. The minimum absolute atomic E-state index is 0.473. The molecule has 15 heavy (non-hydrogen) atoms. The van der Waals surface area contributed by atoms with Crippen LogP contribution >= 0.6 is 0 Å². The molecule has 0 saturated carbocycles. The van der Waals surface area contributed by atoms with Gasteiger partial charge in [0.25, 0.3) is 0 Å². The van der Waals surface area contributed by atoms with Crippen molar-refractivity contribution in [2.24, 2.45) is 0 Å². The van der Waals surface area contributed by atoms with E-state index in [0.717, 1.165) is 6.54 Å². The normalized spacial score (nSPS) is 10.2. The van der Waals surface area contributed by atoms with E-state index in [1.807, 2.05) is 12.3 Å². The van der Waals surface area contributed by atoms with E-state index in [0.29, 0.717) is 12.4 Å². The van der Waals surface area contributed by atoms with Crippen molar-refractivity contribution in [3.63, 3.8) is 0 Å². The minimum Gasteiger partial charge on any atom is -0.368 e. The van der Waals surface area contributed by atoms with Crippen LogP contribution in [-0.4, -0.2) is 21.3 Å². The van der Waals surface area contributed by atoms with Crippen molar-refractivity contribution in [2.45, 2.75) is 6.54 Å². The van der Waals surface area contributed by atoms with Gasteiger partial charge in [-0.3, -0.25) is 4.68 Å². The lowest BCUT2D eigenvalue weighted by Gasteiger charge is -2.05. The molecule has 0 aromatic carbocycles. The Morgan fingerprint density at radius 2 is 2.27 bits per heavy atom. The molecule has 0 spiro atoms.